The largest absolute Gasteiger partial charge is 0.441 e. The molecule has 0 saturated carbocycles. The maximum atomic E-state index is 5.41. The Morgan fingerprint density at radius 2 is 1.00 bits per heavy atom. The minimum absolute atomic E-state index is 0.461. The van der Waals surface area contributed by atoms with Crippen molar-refractivity contribution in [1.29, 1.82) is 0 Å². The van der Waals surface area contributed by atoms with Gasteiger partial charge in [-0.25, -0.2) is 0 Å². The van der Waals surface area contributed by atoms with Gasteiger partial charge in [0.05, 0.1) is 0 Å². The van der Waals surface area contributed by atoms with Gasteiger partial charge < -0.3 is 9.05 Å². The average molecular weight is 298 g/mol. The second-order valence-electron chi connectivity index (χ2n) is 2.94. The third-order valence-corrected chi connectivity index (χ3v) is 2.76. The van der Waals surface area contributed by atoms with E-state index < -0.39 is 13.1 Å². The van der Waals surface area contributed by atoms with E-state index in [9.17, 15) is 0 Å². The van der Waals surface area contributed by atoms with Gasteiger partial charge in [0.1, 0.15) is 11.5 Å². The van der Waals surface area contributed by atoms with Gasteiger partial charge >= 0.3 is 0 Å². The summed E-state index contributed by atoms with van der Waals surface area (Å²) in [5.74, 6) is 0.922. The molecule has 0 saturated heterocycles. The first-order valence-corrected chi connectivity index (χ1v) is 9.71. The molecular formula is C6H12N4O2P2S2. The topological polar surface area (TPSA) is 123 Å². The van der Waals surface area contributed by atoms with E-state index in [0.29, 0.717) is 11.5 Å². The second-order valence-corrected chi connectivity index (χ2v) is 9.31. The van der Waals surface area contributed by atoms with Crippen LogP contribution in [0.15, 0.2) is 24.3 Å². The summed E-state index contributed by atoms with van der Waals surface area (Å²) in [6.07, 6.45) is 0. The van der Waals surface area contributed by atoms with Crippen molar-refractivity contribution < 1.29 is 9.05 Å². The van der Waals surface area contributed by atoms with Crippen molar-refractivity contribution >= 4 is 36.7 Å². The summed E-state index contributed by atoms with van der Waals surface area (Å²) in [5, 5.41) is 0. The zero-order chi connectivity index (χ0) is 12.4. The van der Waals surface area contributed by atoms with Crippen LogP contribution in [0.25, 0.3) is 0 Å². The smallest absolute Gasteiger partial charge is 0.242 e. The molecule has 0 radical (unpaired) electrons. The molecule has 1 aromatic carbocycles. The van der Waals surface area contributed by atoms with Crippen LogP contribution in [-0.2, 0) is 23.6 Å². The van der Waals surface area contributed by atoms with Crippen molar-refractivity contribution in [3.8, 4) is 11.5 Å². The first-order chi connectivity index (χ1) is 7.16. The molecule has 0 unspecified atom stereocenters. The molecule has 8 N–H and O–H groups in total. The molecule has 1 aromatic rings. The normalized spacial score (nSPS) is 12.2. The van der Waals surface area contributed by atoms with Crippen LogP contribution in [0.4, 0.5) is 0 Å². The molecule has 10 heteroatoms. The zero-order valence-corrected chi connectivity index (χ0v) is 11.6. The van der Waals surface area contributed by atoms with Crippen molar-refractivity contribution in [3.63, 3.8) is 0 Å². The van der Waals surface area contributed by atoms with Crippen molar-refractivity contribution in [1.82, 2.24) is 0 Å². The molecule has 0 aliphatic rings. The van der Waals surface area contributed by atoms with Crippen LogP contribution in [0.1, 0.15) is 0 Å². The van der Waals surface area contributed by atoms with Crippen molar-refractivity contribution in [2.45, 2.75) is 0 Å². The maximum Gasteiger partial charge on any atom is 0.242 e. The average Bonchev–Trinajstić information content (AvgIpc) is 2.03. The summed E-state index contributed by atoms with van der Waals surface area (Å²) in [4.78, 5) is 0. The molecule has 0 heterocycles. The fourth-order valence-corrected chi connectivity index (χ4v) is 2.31. The third-order valence-electron chi connectivity index (χ3n) is 1.32. The highest BCUT2D eigenvalue weighted by atomic mass is 32.5. The number of nitrogens with two attached hydrogens (primary N) is 4. The van der Waals surface area contributed by atoms with Crippen LogP contribution >= 0.6 is 13.1 Å². The molecule has 0 fully saturated rings. The molecule has 0 bridgehead atoms. The highest BCUT2D eigenvalue weighted by Crippen LogP contribution is 2.34. The van der Waals surface area contributed by atoms with Crippen molar-refractivity contribution in [2.75, 3.05) is 0 Å². The highest BCUT2D eigenvalue weighted by Gasteiger charge is 2.08. The lowest BCUT2D eigenvalue weighted by molar-refractivity contribution is 0.595. The van der Waals surface area contributed by atoms with Gasteiger partial charge in [-0.05, 0) is 47.9 Å². The van der Waals surface area contributed by atoms with Gasteiger partial charge in [-0.2, -0.15) is 0 Å². The molecule has 0 amide bonds. The summed E-state index contributed by atoms with van der Waals surface area (Å²) in [6, 6.07) is 6.39. The van der Waals surface area contributed by atoms with Gasteiger partial charge in [0.25, 0.3) is 0 Å². The van der Waals surface area contributed by atoms with E-state index in [-0.39, 0.29) is 0 Å². The number of rotatable bonds is 4. The van der Waals surface area contributed by atoms with Crippen molar-refractivity contribution in [2.24, 2.45) is 22.0 Å². The first-order valence-electron chi connectivity index (χ1n) is 3.99. The number of benzene rings is 1. The minimum Gasteiger partial charge on any atom is -0.441 e. The fraction of sp³-hybridized carbons (Fsp3) is 0. The summed E-state index contributed by atoms with van der Waals surface area (Å²) >= 11 is 9.50. The number of hydrogen-bond donors (Lipinski definition) is 4. The molecule has 16 heavy (non-hydrogen) atoms. The Hall–Kier alpha value is -0.0400. The monoisotopic (exact) mass is 298 g/mol. The van der Waals surface area contributed by atoms with Gasteiger partial charge in [0, 0.05) is 0 Å². The van der Waals surface area contributed by atoms with E-state index in [4.69, 9.17) is 54.7 Å². The first kappa shape index (κ1) is 14.0. The third kappa shape index (κ3) is 5.89. The highest BCUT2D eigenvalue weighted by molar-refractivity contribution is 8.10. The zero-order valence-electron chi connectivity index (χ0n) is 8.15. The van der Waals surface area contributed by atoms with E-state index in [1.807, 2.05) is 0 Å². The molecular weight excluding hydrogens is 286 g/mol. The van der Waals surface area contributed by atoms with Crippen LogP contribution in [0.5, 0.6) is 11.5 Å². The van der Waals surface area contributed by atoms with E-state index in [2.05, 4.69) is 0 Å². The molecule has 0 aromatic heterocycles. The summed E-state index contributed by atoms with van der Waals surface area (Å²) in [6.45, 7) is -5.43. The lowest BCUT2D eigenvalue weighted by atomic mass is 10.3. The van der Waals surface area contributed by atoms with Gasteiger partial charge in [0.2, 0.25) is 13.1 Å². The SMILES string of the molecule is NP(N)(=S)Oc1ccc(OP(N)(N)=S)cc1. The maximum absolute atomic E-state index is 5.41. The van der Waals surface area contributed by atoms with Gasteiger partial charge in [-0.3, -0.25) is 22.0 Å². The molecule has 0 aliphatic heterocycles. The van der Waals surface area contributed by atoms with Gasteiger partial charge in [0.15, 0.2) is 0 Å². The standard InChI is InChI=1S/C6H12N4O2P2S2/c7-13(8,15)11-5-1-2-6(4-3-5)12-14(9,10)16/h1-4H,(H4,7,8,15)(H4,9,10,16). The van der Waals surface area contributed by atoms with E-state index >= 15 is 0 Å². The van der Waals surface area contributed by atoms with E-state index in [0.717, 1.165) is 0 Å². The molecule has 90 valence electrons. The Kier molecular flexibility index (Phi) is 4.45. The lowest BCUT2D eigenvalue weighted by Gasteiger charge is -2.15. The van der Waals surface area contributed by atoms with Gasteiger partial charge in [-0.1, -0.05) is 0 Å². The molecule has 0 atom stereocenters. The minimum atomic E-state index is -2.71. The Bertz CT molecular complexity index is 411. The predicted molar refractivity (Wildman–Crippen MR) is 73.0 cm³/mol. The summed E-state index contributed by atoms with van der Waals surface area (Å²) in [5.41, 5.74) is 21.6. The lowest BCUT2D eigenvalue weighted by Crippen LogP contribution is -2.11. The second kappa shape index (κ2) is 5.08. The Morgan fingerprint density at radius 1 is 0.750 bits per heavy atom. The van der Waals surface area contributed by atoms with Crippen LogP contribution in [0.3, 0.4) is 0 Å². The molecule has 1 rings (SSSR count). The number of hydrogen-bond acceptors (Lipinski definition) is 4. The fourth-order valence-electron chi connectivity index (χ4n) is 0.891. The summed E-state index contributed by atoms with van der Waals surface area (Å²) < 4.78 is 10.3. The Balaban J connectivity index is 2.76. The molecule has 6 nitrogen and oxygen atoms in total. The van der Waals surface area contributed by atoms with Gasteiger partial charge in [-0.15, -0.1) is 0 Å². The summed E-state index contributed by atoms with van der Waals surface area (Å²) in [7, 11) is 0. The van der Waals surface area contributed by atoms with Crippen LogP contribution in [0, 0.1) is 0 Å². The van der Waals surface area contributed by atoms with E-state index in [1.165, 1.54) is 0 Å². The van der Waals surface area contributed by atoms with Crippen LogP contribution in [-0.4, -0.2) is 0 Å². The molecule has 0 spiro atoms. The molecule has 0 aliphatic carbocycles. The van der Waals surface area contributed by atoms with Crippen molar-refractivity contribution in [3.05, 3.63) is 24.3 Å². The van der Waals surface area contributed by atoms with Crippen LogP contribution < -0.4 is 31.1 Å². The predicted octanol–water partition coefficient (Wildman–Crippen LogP) is 0.728. The van der Waals surface area contributed by atoms with E-state index in [1.54, 1.807) is 24.3 Å². The Labute approximate surface area is 104 Å². The quantitative estimate of drug-likeness (QED) is 0.600. The Morgan fingerprint density at radius 3 is 1.19 bits per heavy atom. The van der Waals surface area contributed by atoms with Crippen LogP contribution in [0.2, 0.25) is 0 Å².